The van der Waals surface area contributed by atoms with Crippen LogP contribution < -0.4 is 5.32 Å². The Balaban J connectivity index is 3.17. The molecule has 0 bridgehead atoms. The molecule has 0 spiro atoms. The summed E-state index contributed by atoms with van der Waals surface area (Å²) in [6, 6.07) is 0. The van der Waals surface area contributed by atoms with Crippen LogP contribution in [0.4, 0.5) is 0 Å². The van der Waals surface area contributed by atoms with Crippen molar-refractivity contribution in [1.82, 2.24) is 5.32 Å². The van der Waals surface area contributed by atoms with Crippen molar-refractivity contribution in [2.24, 2.45) is 0 Å². The lowest BCUT2D eigenvalue weighted by Gasteiger charge is -2.00. The lowest BCUT2D eigenvalue weighted by atomic mass is 10.1. The van der Waals surface area contributed by atoms with E-state index < -0.39 is 0 Å². The fourth-order valence-corrected chi connectivity index (χ4v) is 2.10. The number of hydrogen-bond donors (Lipinski definition) is 1. The zero-order valence-electron chi connectivity index (χ0n) is 13.7. The van der Waals surface area contributed by atoms with Crippen molar-refractivity contribution in [1.29, 1.82) is 0 Å². The van der Waals surface area contributed by atoms with E-state index in [0.29, 0.717) is 0 Å². The Morgan fingerprint density at radius 2 is 1.20 bits per heavy atom. The molecule has 0 unspecified atom stereocenters. The highest BCUT2D eigenvalue weighted by Gasteiger charge is 1.89. The Morgan fingerprint density at radius 1 is 0.650 bits per heavy atom. The lowest BCUT2D eigenvalue weighted by molar-refractivity contribution is 0.584. The van der Waals surface area contributed by atoms with E-state index in [1.54, 1.807) is 0 Å². The molecule has 0 radical (unpaired) electrons. The molecule has 0 heterocycles. The summed E-state index contributed by atoms with van der Waals surface area (Å²) >= 11 is 0. The highest BCUT2D eigenvalue weighted by Crippen LogP contribution is 2.07. The van der Waals surface area contributed by atoms with Gasteiger partial charge >= 0.3 is 0 Å². The average Bonchev–Trinajstić information content (AvgIpc) is 2.47. The summed E-state index contributed by atoms with van der Waals surface area (Å²) in [7, 11) is 2.03. The third-order valence-corrected chi connectivity index (χ3v) is 3.33. The van der Waals surface area contributed by atoms with Gasteiger partial charge in [0.1, 0.15) is 0 Å². The molecule has 0 saturated heterocycles. The molecule has 0 aromatic rings. The zero-order chi connectivity index (χ0) is 14.7. The first-order chi connectivity index (χ1) is 9.91. The van der Waals surface area contributed by atoms with Crippen molar-refractivity contribution in [3.05, 3.63) is 36.5 Å². The summed E-state index contributed by atoms with van der Waals surface area (Å²) < 4.78 is 0. The largest absolute Gasteiger partial charge is 0.320 e. The van der Waals surface area contributed by atoms with Gasteiger partial charge in [0.15, 0.2) is 0 Å². The summed E-state index contributed by atoms with van der Waals surface area (Å²) in [5, 5.41) is 3.20. The van der Waals surface area contributed by atoms with Crippen molar-refractivity contribution < 1.29 is 0 Å². The highest BCUT2D eigenvalue weighted by molar-refractivity contribution is 4.96. The monoisotopic (exact) mass is 277 g/mol. The van der Waals surface area contributed by atoms with Gasteiger partial charge in [-0.15, -0.1) is 0 Å². The maximum absolute atomic E-state index is 3.20. The van der Waals surface area contributed by atoms with Gasteiger partial charge in [-0.1, -0.05) is 69.1 Å². The van der Waals surface area contributed by atoms with Gasteiger partial charge in [0.05, 0.1) is 0 Å². The molecular weight excluding hydrogens is 242 g/mol. The van der Waals surface area contributed by atoms with Crippen LogP contribution in [0.2, 0.25) is 0 Å². The number of rotatable bonds is 14. The standard InChI is InChI=1S/C19H35N/c1-3-4-5-6-7-8-9-10-11-12-13-14-15-16-17-18-19-20-2/h4-5,7-8,10-11,20H,3,6,9,12-19H2,1-2H3. The normalized spacial score (nSPS) is 12.3. The predicted octanol–water partition coefficient (Wildman–Crippen LogP) is 5.80. The molecular formula is C19H35N. The van der Waals surface area contributed by atoms with Gasteiger partial charge in [-0.3, -0.25) is 0 Å². The van der Waals surface area contributed by atoms with Crippen LogP contribution in [0.25, 0.3) is 0 Å². The van der Waals surface area contributed by atoms with E-state index in [-0.39, 0.29) is 0 Å². The molecule has 116 valence electrons. The first-order valence-corrected chi connectivity index (χ1v) is 8.51. The van der Waals surface area contributed by atoms with Gasteiger partial charge < -0.3 is 5.32 Å². The third kappa shape index (κ3) is 17.2. The molecule has 0 aliphatic carbocycles. The minimum atomic E-state index is 1.08. The van der Waals surface area contributed by atoms with Crippen LogP contribution in [-0.4, -0.2) is 13.6 Å². The van der Waals surface area contributed by atoms with E-state index in [0.717, 1.165) is 19.3 Å². The molecule has 0 aromatic heterocycles. The molecule has 0 atom stereocenters. The van der Waals surface area contributed by atoms with Crippen molar-refractivity contribution >= 4 is 0 Å². The predicted molar refractivity (Wildman–Crippen MR) is 93.2 cm³/mol. The van der Waals surface area contributed by atoms with Crippen molar-refractivity contribution in [3.8, 4) is 0 Å². The van der Waals surface area contributed by atoms with Crippen LogP contribution in [-0.2, 0) is 0 Å². The number of nitrogens with one attached hydrogen (secondary N) is 1. The Morgan fingerprint density at radius 3 is 1.85 bits per heavy atom. The smallest absolute Gasteiger partial charge is 0.00519 e. The van der Waals surface area contributed by atoms with Crippen LogP contribution in [0, 0.1) is 0 Å². The number of unbranched alkanes of at least 4 members (excludes halogenated alkanes) is 6. The Labute approximate surface area is 127 Å². The Hall–Kier alpha value is -0.820. The van der Waals surface area contributed by atoms with E-state index in [2.05, 4.69) is 48.7 Å². The second-order valence-electron chi connectivity index (χ2n) is 5.31. The average molecular weight is 277 g/mol. The highest BCUT2D eigenvalue weighted by atomic mass is 14.8. The summed E-state index contributed by atoms with van der Waals surface area (Å²) in [5.41, 5.74) is 0. The van der Waals surface area contributed by atoms with E-state index >= 15 is 0 Å². The van der Waals surface area contributed by atoms with Gasteiger partial charge in [-0.05, 0) is 52.1 Å². The molecule has 1 N–H and O–H groups in total. The fraction of sp³-hybridized carbons (Fsp3) is 0.684. The van der Waals surface area contributed by atoms with Crippen LogP contribution in [0.5, 0.6) is 0 Å². The SMILES string of the molecule is CCC=CCC=CCC=CCCCCCCCCNC. The zero-order valence-corrected chi connectivity index (χ0v) is 13.7. The van der Waals surface area contributed by atoms with E-state index in [1.165, 1.54) is 51.5 Å². The van der Waals surface area contributed by atoms with Crippen LogP contribution >= 0.6 is 0 Å². The van der Waals surface area contributed by atoms with Crippen LogP contribution in [0.3, 0.4) is 0 Å². The molecule has 20 heavy (non-hydrogen) atoms. The van der Waals surface area contributed by atoms with E-state index in [1.807, 2.05) is 7.05 Å². The molecule has 0 aromatic carbocycles. The first-order valence-electron chi connectivity index (χ1n) is 8.51. The van der Waals surface area contributed by atoms with E-state index in [9.17, 15) is 0 Å². The second kappa shape index (κ2) is 18.2. The molecule has 1 heteroatoms. The Kier molecular flexibility index (Phi) is 17.4. The third-order valence-electron chi connectivity index (χ3n) is 3.33. The van der Waals surface area contributed by atoms with Crippen molar-refractivity contribution in [2.45, 2.75) is 71.1 Å². The molecule has 0 amide bonds. The molecule has 0 rings (SSSR count). The minimum Gasteiger partial charge on any atom is -0.320 e. The summed E-state index contributed by atoms with van der Waals surface area (Å²) in [6.07, 6.45) is 26.4. The maximum Gasteiger partial charge on any atom is -0.00519 e. The molecule has 1 nitrogen and oxygen atoms in total. The lowest BCUT2D eigenvalue weighted by Crippen LogP contribution is -2.06. The van der Waals surface area contributed by atoms with Crippen molar-refractivity contribution in [2.75, 3.05) is 13.6 Å². The molecule has 0 aliphatic rings. The second-order valence-corrected chi connectivity index (χ2v) is 5.31. The van der Waals surface area contributed by atoms with E-state index in [4.69, 9.17) is 0 Å². The Bertz CT molecular complexity index is 250. The summed E-state index contributed by atoms with van der Waals surface area (Å²) in [6.45, 7) is 3.34. The van der Waals surface area contributed by atoms with Gasteiger partial charge in [0, 0.05) is 0 Å². The molecule has 0 saturated carbocycles. The quantitative estimate of drug-likeness (QED) is 0.313. The molecule has 0 aliphatic heterocycles. The van der Waals surface area contributed by atoms with Crippen molar-refractivity contribution in [3.63, 3.8) is 0 Å². The van der Waals surface area contributed by atoms with Crippen LogP contribution in [0.1, 0.15) is 71.1 Å². The summed E-state index contributed by atoms with van der Waals surface area (Å²) in [4.78, 5) is 0. The summed E-state index contributed by atoms with van der Waals surface area (Å²) in [5.74, 6) is 0. The molecule has 0 fully saturated rings. The maximum atomic E-state index is 3.20. The van der Waals surface area contributed by atoms with Gasteiger partial charge in [-0.25, -0.2) is 0 Å². The fourth-order valence-electron chi connectivity index (χ4n) is 2.10. The van der Waals surface area contributed by atoms with Gasteiger partial charge in [-0.2, -0.15) is 0 Å². The van der Waals surface area contributed by atoms with Crippen LogP contribution in [0.15, 0.2) is 36.5 Å². The van der Waals surface area contributed by atoms with Gasteiger partial charge in [0.2, 0.25) is 0 Å². The van der Waals surface area contributed by atoms with Gasteiger partial charge in [0.25, 0.3) is 0 Å². The topological polar surface area (TPSA) is 12.0 Å². The number of allylic oxidation sites excluding steroid dienone is 6. The minimum absolute atomic E-state index is 1.08. The first kappa shape index (κ1) is 19.2. The number of hydrogen-bond acceptors (Lipinski definition) is 1.